The maximum absolute atomic E-state index is 12.2. The zero-order valence-electron chi connectivity index (χ0n) is 12.5. The molecule has 120 valence electrons. The fourth-order valence-corrected chi connectivity index (χ4v) is 2.62. The number of carbonyl (C=O) groups is 2. The summed E-state index contributed by atoms with van der Waals surface area (Å²) in [5, 5.41) is 10.3. The average molecular weight is 334 g/mol. The van der Waals surface area contributed by atoms with Crippen molar-refractivity contribution in [1.29, 1.82) is 0 Å². The summed E-state index contributed by atoms with van der Waals surface area (Å²) in [5.41, 5.74) is 1.58. The Bertz CT molecular complexity index is 758. The van der Waals surface area contributed by atoms with Gasteiger partial charge in [0.15, 0.2) is 5.82 Å². The number of halogens is 1. The lowest BCUT2D eigenvalue weighted by Gasteiger charge is -2.26. The number of benzene rings is 1. The van der Waals surface area contributed by atoms with E-state index in [2.05, 4.69) is 15.7 Å². The van der Waals surface area contributed by atoms with Crippen molar-refractivity contribution in [2.45, 2.75) is 6.92 Å². The lowest BCUT2D eigenvalue weighted by atomic mass is 10.3. The fraction of sp³-hybridized carbons (Fsp3) is 0.267. The van der Waals surface area contributed by atoms with Gasteiger partial charge in [-0.1, -0.05) is 23.7 Å². The number of hydrogen-bond donors (Lipinski definition) is 2. The number of rotatable bonds is 2. The van der Waals surface area contributed by atoms with Crippen LogP contribution in [0.5, 0.6) is 0 Å². The molecule has 0 unspecified atom stereocenters. The van der Waals surface area contributed by atoms with Crippen molar-refractivity contribution in [3.8, 4) is 5.69 Å². The molecule has 0 atom stereocenters. The van der Waals surface area contributed by atoms with Gasteiger partial charge in [-0.2, -0.15) is 0 Å². The minimum absolute atomic E-state index is 0.0516. The number of anilines is 1. The van der Waals surface area contributed by atoms with Crippen LogP contribution in [0.25, 0.3) is 5.69 Å². The standard InChI is InChI=1S/C15H16ClN5O2/c1-10-8-13(18-15(23)20-7-6-17-14(22)9-20)19-21(10)12-5-3-2-4-11(12)16/h2-5,8H,6-7,9H2,1H3,(H,17,22)(H,18,19,23). The van der Waals surface area contributed by atoms with Crippen LogP contribution >= 0.6 is 11.6 Å². The number of aromatic nitrogens is 2. The Morgan fingerprint density at radius 1 is 1.39 bits per heavy atom. The Hall–Kier alpha value is -2.54. The predicted octanol–water partition coefficient (Wildman–Crippen LogP) is 1.80. The molecule has 7 nitrogen and oxygen atoms in total. The zero-order chi connectivity index (χ0) is 16.4. The minimum atomic E-state index is -0.344. The molecule has 3 amide bonds. The highest BCUT2D eigenvalue weighted by atomic mass is 35.5. The van der Waals surface area contributed by atoms with Crippen LogP contribution in [0.1, 0.15) is 5.69 Å². The summed E-state index contributed by atoms with van der Waals surface area (Å²) in [6.45, 7) is 2.86. The average Bonchev–Trinajstić information content (AvgIpc) is 2.88. The summed E-state index contributed by atoms with van der Waals surface area (Å²) in [6.07, 6.45) is 0. The topological polar surface area (TPSA) is 79.3 Å². The smallest absolute Gasteiger partial charge is 0.323 e. The molecule has 0 spiro atoms. The zero-order valence-corrected chi connectivity index (χ0v) is 13.3. The number of amides is 3. The highest BCUT2D eigenvalue weighted by molar-refractivity contribution is 6.32. The third-order valence-electron chi connectivity index (χ3n) is 3.53. The third kappa shape index (κ3) is 3.29. The molecule has 0 radical (unpaired) electrons. The number of nitrogens with one attached hydrogen (secondary N) is 2. The van der Waals surface area contributed by atoms with Gasteiger partial charge in [-0.25, -0.2) is 9.48 Å². The summed E-state index contributed by atoms with van der Waals surface area (Å²) >= 11 is 6.18. The second-order valence-electron chi connectivity index (χ2n) is 5.24. The van der Waals surface area contributed by atoms with E-state index >= 15 is 0 Å². The van der Waals surface area contributed by atoms with Crippen LogP contribution in [0, 0.1) is 6.92 Å². The van der Waals surface area contributed by atoms with Crippen molar-refractivity contribution < 1.29 is 9.59 Å². The van der Waals surface area contributed by atoms with Gasteiger partial charge in [0.2, 0.25) is 5.91 Å². The molecule has 1 aliphatic rings. The van der Waals surface area contributed by atoms with E-state index in [1.54, 1.807) is 16.8 Å². The van der Waals surface area contributed by atoms with E-state index in [4.69, 9.17) is 11.6 Å². The van der Waals surface area contributed by atoms with E-state index in [1.165, 1.54) is 4.90 Å². The van der Waals surface area contributed by atoms with E-state index < -0.39 is 0 Å². The lowest BCUT2D eigenvalue weighted by molar-refractivity contribution is -0.123. The SMILES string of the molecule is Cc1cc(NC(=O)N2CCNC(=O)C2)nn1-c1ccccc1Cl. The molecule has 1 saturated heterocycles. The first-order valence-corrected chi connectivity index (χ1v) is 7.56. The monoisotopic (exact) mass is 333 g/mol. The number of piperazine rings is 1. The summed E-state index contributed by atoms with van der Waals surface area (Å²) in [7, 11) is 0. The van der Waals surface area contributed by atoms with E-state index in [0.717, 1.165) is 11.4 Å². The quantitative estimate of drug-likeness (QED) is 0.879. The maximum atomic E-state index is 12.2. The predicted molar refractivity (Wildman–Crippen MR) is 86.9 cm³/mol. The van der Waals surface area contributed by atoms with Crippen LogP contribution < -0.4 is 10.6 Å². The molecule has 1 aromatic carbocycles. The fourth-order valence-electron chi connectivity index (χ4n) is 2.40. The van der Waals surface area contributed by atoms with Crippen LogP contribution in [0.3, 0.4) is 0 Å². The van der Waals surface area contributed by atoms with Crippen molar-refractivity contribution in [2.75, 3.05) is 25.0 Å². The normalized spacial score (nSPS) is 14.5. The van der Waals surface area contributed by atoms with E-state index in [1.807, 2.05) is 25.1 Å². The number of nitrogens with zero attached hydrogens (tertiary/aromatic N) is 3. The van der Waals surface area contributed by atoms with Crippen molar-refractivity contribution in [2.24, 2.45) is 0 Å². The van der Waals surface area contributed by atoms with Crippen molar-refractivity contribution in [1.82, 2.24) is 20.0 Å². The van der Waals surface area contributed by atoms with Crippen molar-refractivity contribution in [3.63, 3.8) is 0 Å². The molecule has 1 aromatic heterocycles. The molecule has 23 heavy (non-hydrogen) atoms. The largest absolute Gasteiger partial charge is 0.353 e. The van der Waals surface area contributed by atoms with Gasteiger partial charge in [0, 0.05) is 24.8 Å². The molecule has 8 heteroatoms. The summed E-state index contributed by atoms with van der Waals surface area (Å²) in [5.74, 6) is 0.252. The second-order valence-corrected chi connectivity index (χ2v) is 5.64. The van der Waals surface area contributed by atoms with Gasteiger partial charge >= 0.3 is 6.03 Å². The Kier molecular flexibility index (Phi) is 4.20. The van der Waals surface area contributed by atoms with Crippen LogP contribution in [-0.4, -0.2) is 46.3 Å². The van der Waals surface area contributed by atoms with Gasteiger partial charge in [-0.15, -0.1) is 5.10 Å². The van der Waals surface area contributed by atoms with Crippen LogP contribution in [0.15, 0.2) is 30.3 Å². The summed E-state index contributed by atoms with van der Waals surface area (Å²) in [6, 6.07) is 8.75. The highest BCUT2D eigenvalue weighted by Crippen LogP contribution is 2.22. The number of aryl methyl sites for hydroxylation is 1. The molecule has 1 aliphatic heterocycles. The first kappa shape index (κ1) is 15.4. The molecule has 0 bridgehead atoms. The molecule has 2 aromatic rings. The Morgan fingerprint density at radius 2 is 2.17 bits per heavy atom. The van der Waals surface area contributed by atoms with Crippen molar-refractivity contribution in [3.05, 3.63) is 41.0 Å². The molecule has 3 rings (SSSR count). The minimum Gasteiger partial charge on any atom is -0.353 e. The number of para-hydroxylation sites is 1. The number of hydrogen-bond acceptors (Lipinski definition) is 3. The van der Waals surface area contributed by atoms with E-state index in [9.17, 15) is 9.59 Å². The van der Waals surface area contributed by atoms with Gasteiger partial charge in [0.25, 0.3) is 0 Å². The molecule has 2 heterocycles. The van der Waals surface area contributed by atoms with Gasteiger partial charge in [-0.05, 0) is 19.1 Å². The Balaban J connectivity index is 1.77. The van der Waals surface area contributed by atoms with Gasteiger partial charge in [0.1, 0.15) is 6.54 Å². The maximum Gasteiger partial charge on any atom is 0.323 e. The molecular formula is C15H16ClN5O2. The van der Waals surface area contributed by atoms with Crippen LogP contribution in [-0.2, 0) is 4.79 Å². The van der Waals surface area contributed by atoms with E-state index in [-0.39, 0.29) is 18.5 Å². The Morgan fingerprint density at radius 3 is 2.91 bits per heavy atom. The molecular weight excluding hydrogens is 318 g/mol. The number of urea groups is 1. The molecule has 0 saturated carbocycles. The second kappa shape index (κ2) is 6.29. The summed E-state index contributed by atoms with van der Waals surface area (Å²) < 4.78 is 1.67. The summed E-state index contributed by atoms with van der Waals surface area (Å²) in [4.78, 5) is 25.0. The lowest BCUT2D eigenvalue weighted by Crippen LogP contribution is -2.51. The molecule has 0 aliphatic carbocycles. The number of carbonyl (C=O) groups excluding carboxylic acids is 2. The van der Waals surface area contributed by atoms with E-state index in [0.29, 0.717) is 23.9 Å². The van der Waals surface area contributed by atoms with Gasteiger partial charge < -0.3 is 10.2 Å². The van der Waals surface area contributed by atoms with Gasteiger partial charge in [0.05, 0.1) is 10.7 Å². The Labute approximate surface area is 138 Å². The first-order chi connectivity index (χ1) is 11.0. The van der Waals surface area contributed by atoms with Crippen LogP contribution in [0.2, 0.25) is 5.02 Å². The third-order valence-corrected chi connectivity index (χ3v) is 3.85. The first-order valence-electron chi connectivity index (χ1n) is 7.19. The molecule has 2 N–H and O–H groups in total. The van der Waals surface area contributed by atoms with Crippen LogP contribution in [0.4, 0.5) is 10.6 Å². The molecule has 1 fully saturated rings. The van der Waals surface area contributed by atoms with Gasteiger partial charge in [-0.3, -0.25) is 10.1 Å². The highest BCUT2D eigenvalue weighted by Gasteiger charge is 2.22. The van der Waals surface area contributed by atoms with Crippen molar-refractivity contribution >= 4 is 29.4 Å².